The first-order valence-corrected chi connectivity index (χ1v) is 6.00. The maximum absolute atomic E-state index is 9.74. The van der Waals surface area contributed by atoms with E-state index in [4.69, 9.17) is 0 Å². The predicted molar refractivity (Wildman–Crippen MR) is 71.1 cm³/mol. The van der Waals surface area contributed by atoms with Crippen molar-refractivity contribution in [2.24, 2.45) is 0 Å². The van der Waals surface area contributed by atoms with Gasteiger partial charge in [0.15, 0.2) is 0 Å². The van der Waals surface area contributed by atoms with E-state index in [1.807, 2.05) is 20.8 Å². The summed E-state index contributed by atoms with van der Waals surface area (Å²) in [4.78, 5) is 0. The standard InChI is InChI=1S/C13H21BrO/c1-6-11(9-13(4,5)15)8-10(3)12(14)7-2/h7-8,15H,2,6,9H2,1,3-5H3/b11-8+,12-10+. The molecule has 0 amide bonds. The predicted octanol–water partition coefficient (Wildman–Crippen LogP) is 4.34. The summed E-state index contributed by atoms with van der Waals surface area (Å²) in [5.74, 6) is 0. The SMILES string of the molecule is C=C/C(Br)=C(C)\C=C(/CC)CC(C)(C)O. The molecule has 0 aromatic rings. The van der Waals surface area contributed by atoms with Gasteiger partial charge in [-0.1, -0.05) is 47.2 Å². The van der Waals surface area contributed by atoms with Crippen LogP contribution in [0.2, 0.25) is 0 Å². The van der Waals surface area contributed by atoms with E-state index in [2.05, 4.69) is 35.5 Å². The van der Waals surface area contributed by atoms with E-state index in [0.717, 1.165) is 16.5 Å². The second-order valence-electron chi connectivity index (χ2n) is 4.38. The summed E-state index contributed by atoms with van der Waals surface area (Å²) in [6.45, 7) is 11.5. The van der Waals surface area contributed by atoms with Gasteiger partial charge in [0.1, 0.15) is 0 Å². The Kier molecular flexibility index (Phi) is 6.15. The monoisotopic (exact) mass is 272 g/mol. The minimum Gasteiger partial charge on any atom is -0.390 e. The molecular weight excluding hydrogens is 252 g/mol. The fourth-order valence-electron chi connectivity index (χ4n) is 1.37. The average molecular weight is 273 g/mol. The molecule has 0 rings (SSSR count). The van der Waals surface area contributed by atoms with Crippen molar-refractivity contribution in [3.8, 4) is 0 Å². The first kappa shape index (κ1) is 14.7. The summed E-state index contributed by atoms with van der Waals surface area (Å²) in [5, 5.41) is 9.74. The van der Waals surface area contributed by atoms with Crippen LogP contribution in [0.25, 0.3) is 0 Å². The van der Waals surface area contributed by atoms with Crippen molar-refractivity contribution < 1.29 is 5.11 Å². The number of allylic oxidation sites excluding steroid dienone is 4. The van der Waals surface area contributed by atoms with Crippen LogP contribution in [-0.4, -0.2) is 10.7 Å². The van der Waals surface area contributed by atoms with Gasteiger partial charge in [-0.25, -0.2) is 0 Å². The molecule has 0 unspecified atom stereocenters. The largest absolute Gasteiger partial charge is 0.390 e. The van der Waals surface area contributed by atoms with E-state index >= 15 is 0 Å². The fraction of sp³-hybridized carbons (Fsp3) is 0.538. The first-order chi connectivity index (χ1) is 6.80. The molecule has 0 aliphatic heterocycles. The number of halogens is 1. The smallest absolute Gasteiger partial charge is 0.0628 e. The van der Waals surface area contributed by atoms with Crippen molar-refractivity contribution in [1.29, 1.82) is 0 Å². The van der Waals surface area contributed by atoms with Crippen LogP contribution in [0.3, 0.4) is 0 Å². The molecule has 0 aromatic carbocycles. The minimum atomic E-state index is -0.636. The van der Waals surface area contributed by atoms with Crippen LogP contribution in [0.4, 0.5) is 0 Å². The van der Waals surface area contributed by atoms with Crippen LogP contribution in [0.5, 0.6) is 0 Å². The maximum Gasteiger partial charge on any atom is 0.0628 e. The Bertz CT molecular complexity index is 279. The molecule has 0 bridgehead atoms. The van der Waals surface area contributed by atoms with E-state index in [-0.39, 0.29) is 0 Å². The molecule has 86 valence electrons. The molecule has 15 heavy (non-hydrogen) atoms. The molecule has 0 aliphatic rings. The summed E-state index contributed by atoms with van der Waals surface area (Å²) in [7, 11) is 0. The van der Waals surface area contributed by atoms with Crippen molar-refractivity contribution in [2.75, 3.05) is 0 Å². The summed E-state index contributed by atoms with van der Waals surface area (Å²) in [6, 6.07) is 0. The van der Waals surface area contributed by atoms with E-state index in [1.54, 1.807) is 6.08 Å². The highest BCUT2D eigenvalue weighted by Crippen LogP contribution is 2.22. The van der Waals surface area contributed by atoms with E-state index in [0.29, 0.717) is 6.42 Å². The second kappa shape index (κ2) is 6.29. The zero-order valence-electron chi connectivity index (χ0n) is 10.1. The minimum absolute atomic E-state index is 0.636. The Labute approximate surface area is 102 Å². The van der Waals surface area contributed by atoms with Gasteiger partial charge in [0.2, 0.25) is 0 Å². The van der Waals surface area contributed by atoms with Crippen LogP contribution in [0, 0.1) is 0 Å². The van der Waals surface area contributed by atoms with Crippen molar-refractivity contribution in [1.82, 2.24) is 0 Å². The number of hydrogen-bond acceptors (Lipinski definition) is 1. The molecule has 0 saturated carbocycles. The van der Waals surface area contributed by atoms with Crippen molar-refractivity contribution in [3.63, 3.8) is 0 Å². The average Bonchev–Trinajstić information content (AvgIpc) is 2.13. The Morgan fingerprint density at radius 1 is 1.47 bits per heavy atom. The van der Waals surface area contributed by atoms with Gasteiger partial charge in [0.05, 0.1) is 5.60 Å². The molecule has 0 aliphatic carbocycles. The highest BCUT2D eigenvalue weighted by molar-refractivity contribution is 9.11. The van der Waals surface area contributed by atoms with E-state index in [1.165, 1.54) is 5.57 Å². The summed E-state index contributed by atoms with van der Waals surface area (Å²) in [6.07, 6.45) is 5.56. The van der Waals surface area contributed by atoms with Gasteiger partial charge in [-0.15, -0.1) is 0 Å². The fourth-order valence-corrected chi connectivity index (χ4v) is 1.48. The topological polar surface area (TPSA) is 20.2 Å². The zero-order valence-corrected chi connectivity index (χ0v) is 11.7. The van der Waals surface area contributed by atoms with Crippen molar-refractivity contribution in [3.05, 3.63) is 34.4 Å². The van der Waals surface area contributed by atoms with E-state index < -0.39 is 5.60 Å². The highest BCUT2D eigenvalue weighted by Gasteiger charge is 2.14. The van der Waals surface area contributed by atoms with Crippen LogP contribution in [0.15, 0.2) is 34.4 Å². The lowest BCUT2D eigenvalue weighted by Gasteiger charge is -2.18. The van der Waals surface area contributed by atoms with Crippen molar-refractivity contribution in [2.45, 2.75) is 46.1 Å². The molecule has 0 aromatic heterocycles. The molecule has 0 spiro atoms. The molecule has 0 atom stereocenters. The van der Waals surface area contributed by atoms with Gasteiger partial charge in [-0.05, 0) is 39.2 Å². The molecule has 0 radical (unpaired) electrons. The lowest BCUT2D eigenvalue weighted by atomic mass is 9.95. The van der Waals surface area contributed by atoms with Crippen LogP contribution < -0.4 is 0 Å². The van der Waals surface area contributed by atoms with Crippen LogP contribution in [-0.2, 0) is 0 Å². The quantitative estimate of drug-likeness (QED) is 0.739. The highest BCUT2D eigenvalue weighted by atomic mass is 79.9. The summed E-state index contributed by atoms with van der Waals surface area (Å²) < 4.78 is 1.00. The van der Waals surface area contributed by atoms with Gasteiger partial charge in [0.25, 0.3) is 0 Å². The number of aliphatic hydroxyl groups is 1. The Balaban J connectivity index is 4.83. The summed E-state index contributed by atoms with van der Waals surface area (Å²) >= 11 is 3.43. The van der Waals surface area contributed by atoms with Gasteiger partial charge in [0, 0.05) is 4.48 Å². The van der Waals surface area contributed by atoms with Gasteiger partial charge in [-0.3, -0.25) is 0 Å². The molecule has 1 N–H and O–H groups in total. The van der Waals surface area contributed by atoms with Crippen LogP contribution >= 0.6 is 15.9 Å². The molecule has 2 heteroatoms. The number of rotatable bonds is 5. The molecule has 0 fully saturated rings. The summed E-state index contributed by atoms with van der Waals surface area (Å²) in [5.41, 5.74) is 1.76. The third kappa shape index (κ3) is 6.69. The molecule has 1 nitrogen and oxygen atoms in total. The Morgan fingerprint density at radius 3 is 2.33 bits per heavy atom. The second-order valence-corrected chi connectivity index (χ2v) is 5.23. The normalized spacial score (nSPS) is 14.9. The van der Waals surface area contributed by atoms with E-state index in [9.17, 15) is 5.11 Å². The third-order valence-corrected chi connectivity index (χ3v) is 3.04. The molecular formula is C13H21BrO. The first-order valence-electron chi connectivity index (χ1n) is 5.20. The van der Waals surface area contributed by atoms with Crippen LogP contribution in [0.1, 0.15) is 40.5 Å². The molecule has 0 heterocycles. The lowest BCUT2D eigenvalue weighted by Crippen LogP contribution is -2.19. The zero-order chi connectivity index (χ0) is 12.1. The lowest BCUT2D eigenvalue weighted by molar-refractivity contribution is 0.0802. The third-order valence-electron chi connectivity index (χ3n) is 2.09. The molecule has 0 saturated heterocycles. The maximum atomic E-state index is 9.74. The van der Waals surface area contributed by atoms with Gasteiger partial charge in [-0.2, -0.15) is 0 Å². The van der Waals surface area contributed by atoms with Crippen molar-refractivity contribution >= 4 is 15.9 Å². The van der Waals surface area contributed by atoms with Gasteiger partial charge < -0.3 is 5.11 Å². The number of hydrogen-bond donors (Lipinski definition) is 1. The van der Waals surface area contributed by atoms with Gasteiger partial charge >= 0.3 is 0 Å². The Hall–Kier alpha value is -0.340. The Morgan fingerprint density at radius 2 is 2.00 bits per heavy atom.